The van der Waals surface area contributed by atoms with Gasteiger partial charge in [-0.25, -0.2) is 4.79 Å². The van der Waals surface area contributed by atoms with Crippen LogP contribution >= 0.6 is 22.6 Å². The topological polar surface area (TPSA) is 66.0 Å². The van der Waals surface area contributed by atoms with E-state index in [-0.39, 0.29) is 0 Å². The second kappa shape index (κ2) is 3.31. The van der Waals surface area contributed by atoms with E-state index in [1.807, 2.05) is 6.07 Å². The predicted octanol–water partition coefficient (Wildman–Crippen LogP) is 2.28. The number of carboxylic acid groups (broad SMARTS) is 1. The molecule has 1 aliphatic carbocycles. The molecular formula is C11H7IN2O2. The Morgan fingerprint density at radius 1 is 1.50 bits per heavy atom. The molecular weight excluding hydrogens is 319 g/mol. The molecule has 5 heteroatoms. The summed E-state index contributed by atoms with van der Waals surface area (Å²) in [5, 5.41) is 16.1. The standard InChI is InChI=1S/C11H7IN2O2/c12-10-8-4-6-3-5(11(15)16)1-2-7(6)9(8)13-14-10/h1-3H,4H2,(H,13,14)(H,15,16). The number of H-pyrrole nitrogens is 1. The fourth-order valence-electron chi connectivity index (χ4n) is 2.02. The summed E-state index contributed by atoms with van der Waals surface area (Å²) in [6.07, 6.45) is 0.764. The largest absolute Gasteiger partial charge is 0.478 e. The average molecular weight is 326 g/mol. The lowest BCUT2D eigenvalue weighted by atomic mass is 10.1. The van der Waals surface area contributed by atoms with E-state index in [2.05, 4.69) is 32.8 Å². The molecule has 2 aromatic rings. The molecule has 80 valence electrons. The third-order valence-corrected chi connectivity index (χ3v) is 3.68. The van der Waals surface area contributed by atoms with Crippen molar-refractivity contribution in [3.63, 3.8) is 0 Å². The fourth-order valence-corrected chi connectivity index (χ4v) is 2.59. The molecule has 1 heterocycles. The Bertz CT molecular complexity index is 604. The number of nitrogens with one attached hydrogen (secondary N) is 1. The van der Waals surface area contributed by atoms with Crippen LogP contribution in [0.15, 0.2) is 18.2 Å². The normalized spacial score (nSPS) is 12.3. The van der Waals surface area contributed by atoms with E-state index >= 15 is 0 Å². The Hall–Kier alpha value is -1.37. The lowest BCUT2D eigenvalue weighted by molar-refractivity contribution is 0.0697. The van der Waals surface area contributed by atoms with Crippen LogP contribution in [-0.4, -0.2) is 21.3 Å². The molecule has 0 atom stereocenters. The number of aromatic amines is 1. The van der Waals surface area contributed by atoms with Gasteiger partial charge in [0.15, 0.2) is 0 Å². The van der Waals surface area contributed by atoms with Gasteiger partial charge in [-0.05, 0) is 40.3 Å². The highest BCUT2D eigenvalue weighted by molar-refractivity contribution is 14.1. The van der Waals surface area contributed by atoms with E-state index in [9.17, 15) is 4.79 Å². The molecule has 0 saturated carbocycles. The number of hydrogen-bond donors (Lipinski definition) is 2. The third kappa shape index (κ3) is 1.27. The van der Waals surface area contributed by atoms with Gasteiger partial charge in [-0.3, -0.25) is 5.10 Å². The number of fused-ring (bicyclic) bond motifs is 3. The fraction of sp³-hybridized carbons (Fsp3) is 0.0909. The molecule has 1 aliphatic rings. The summed E-state index contributed by atoms with van der Waals surface area (Å²) in [7, 11) is 0. The Morgan fingerprint density at radius 3 is 3.06 bits per heavy atom. The van der Waals surface area contributed by atoms with Gasteiger partial charge in [-0.15, -0.1) is 0 Å². The first-order valence-corrected chi connectivity index (χ1v) is 5.84. The Balaban J connectivity index is 2.17. The van der Waals surface area contributed by atoms with E-state index in [0.717, 1.165) is 32.5 Å². The van der Waals surface area contributed by atoms with Crippen LogP contribution in [0.2, 0.25) is 0 Å². The van der Waals surface area contributed by atoms with Crippen LogP contribution in [0.5, 0.6) is 0 Å². The molecule has 0 radical (unpaired) electrons. The van der Waals surface area contributed by atoms with Crippen LogP contribution in [0.3, 0.4) is 0 Å². The summed E-state index contributed by atoms with van der Waals surface area (Å²) in [5.74, 6) is -0.886. The summed E-state index contributed by atoms with van der Waals surface area (Å²) in [4.78, 5) is 10.9. The van der Waals surface area contributed by atoms with E-state index < -0.39 is 5.97 Å². The lowest BCUT2D eigenvalue weighted by Crippen LogP contribution is -1.97. The van der Waals surface area contributed by atoms with Crippen LogP contribution in [0.1, 0.15) is 21.5 Å². The van der Waals surface area contributed by atoms with Crippen molar-refractivity contribution in [2.75, 3.05) is 0 Å². The maximum atomic E-state index is 10.9. The molecule has 1 aromatic carbocycles. The van der Waals surface area contributed by atoms with Crippen molar-refractivity contribution in [1.29, 1.82) is 0 Å². The third-order valence-electron chi connectivity index (χ3n) is 2.79. The number of halogens is 1. The first-order valence-electron chi connectivity index (χ1n) is 4.76. The van der Waals surface area contributed by atoms with E-state index in [4.69, 9.17) is 5.11 Å². The molecule has 0 bridgehead atoms. The molecule has 0 fully saturated rings. The number of nitrogens with zero attached hydrogens (tertiary/aromatic N) is 1. The molecule has 4 nitrogen and oxygen atoms in total. The van der Waals surface area contributed by atoms with Gasteiger partial charge in [0.2, 0.25) is 0 Å². The molecule has 0 amide bonds. The van der Waals surface area contributed by atoms with E-state index in [1.165, 1.54) is 0 Å². The summed E-state index contributed by atoms with van der Waals surface area (Å²) in [5.41, 5.74) is 4.54. The Morgan fingerprint density at radius 2 is 2.31 bits per heavy atom. The maximum absolute atomic E-state index is 10.9. The SMILES string of the molecule is O=C(O)c1ccc2c(c1)Cc1c-2n[nH]c1I. The minimum atomic E-state index is -0.886. The predicted molar refractivity (Wildman–Crippen MR) is 66.5 cm³/mol. The van der Waals surface area contributed by atoms with Crippen LogP contribution in [0.4, 0.5) is 0 Å². The van der Waals surface area contributed by atoms with Crippen LogP contribution < -0.4 is 0 Å². The number of aromatic carboxylic acids is 1. The van der Waals surface area contributed by atoms with Gasteiger partial charge in [-0.1, -0.05) is 6.07 Å². The minimum Gasteiger partial charge on any atom is -0.478 e. The highest BCUT2D eigenvalue weighted by Gasteiger charge is 2.24. The Labute approximate surface area is 105 Å². The van der Waals surface area contributed by atoms with Gasteiger partial charge in [0.1, 0.15) is 0 Å². The van der Waals surface area contributed by atoms with Crippen molar-refractivity contribution in [2.24, 2.45) is 0 Å². The van der Waals surface area contributed by atoms with E-state index in [1.54, 1.807) is 12.1 Å². The van der Waals surface area contributed by atoms with Crippen molar-refractivity contribution in [1.82, 2.24) is 10.2 Å². The molecule has 0 unspecified atom stereocenters. The van der Waals surface area contributed by atoms with Crippen molar-refractivity contribution in [3.05, 3.63) is 38.6 Å². The van der Waals surface area contributed by atoms with Gasteiger partial charge in [0.05, 0.1) is 15.0 Å². The molecule has 0 saturated heterocycles. The monoisotopic (exact) mass is 326 g/mol. The quantitative estimate of drug-likeness (QED) is 0.674. The molecule has 0 spiro atoms. The number of carbonyl (C=O) groups is 1. The van der Waals surface area contributed by atoms with Crippen molar-refractivity contribution in [2.45, 2.75) is 6.42 Å². The summed E-state index contributed by atoms with van der Waals surface area (Å²) >= 11 is 2.21. The second-order valence-electron chi connectivity index (χ2n) is 3.72. The second-order valence-corrected chi connectivity index (χ2v) is 4.80. The van der Waals surface area contributed by atoms with Gasteiger partial charge in [0.25, 0.3) is 0 Å². The number of carboxylic acids is 1. The van der Waals surface area contributed by atoms with Crippen molar-refractivity contribution >= 4 is 28.6 Å². The first kappa shape index (κ1) is 9.83. The van der Waals surface area contributed by atoms with Crippen LogP contribution in [-0.2, 0) is 6.42 Å². The van der Waals surface area contributed by atoms with Crippen LogP contribution in [0.25, 0.3) is 11.3 Å². The van der Waals surface area contributed by atoms with Gasteiger partial charge in [0, 0.05) is 17.5 Å². The van der Waals surface area contributed by atoms with Crippen molar-refractivity contribution < 1.29 is 9.90 Å². The number of hydrogen-bond acceptors (Lipinski definition) is 2. The van der Waals surface area contributed by atoms with E-state index in [0.29, 0.717) is 5.56 Å². The summed E-state index contributed by atoms with van der Waals surface area (Å²) in [6.45, 7) is 0. The molecule has 2 N–H and O–H groups in total. The number of aromatic nitrogens is 2. The van der Waals surface area contributed by atoms with Crippen molar-refractivity contribution in [3.8, 4) is 11.3 Å². The zero-order chi connectivity index (χ0) is 11.3. The maximum Gasteiger partial charge on any atom is 0.335 e. The lowest BCUT2D eigenvalue weighted by Gasteiger charge is -2.00. The van der Waals surface area contributed by atoms with Gasteiger partial charge < -0.3 is 5.11 Å². The average Bonchev–Trinajstić information content (AvgIpc) is 2.78. The van der Waals surface area contributed by atoms with Gasteiger partial charge >= 0.3 is 5.97 Å². The molecule has 0 aliphatic heterocycles. The summed E-state index contributed by atoms with van der Waals surface area (Å²) < 4.78 is 1.03. The number of benzene rings is 1. The first-order chi connectivity index (χ1) is 7.66. The minimum absolute atomic E-state index is 0.336. The zero-order valence-electron chi connectivity index (χ0n) is 8.12. The van der Waals surface area contributed by atoms with Crippen LogP contribution in [0, 0.1) is 3.70 Å². The smallest absolute Gasteiger partial charge is 0.335 e. The Kier molecular flexibility index (Phi) is 2.03. The number of rotatable bonds is 1. The van der Waals surface area contributed by atoms with Gasteiger partial charge in [-0.2, -0.15) is 5.10 Å². The summed E-state index contributed by atoms with van der Waals surface area (Å²) in [6, 6.07) is 5.19. The molecule has 16 heavy (non-hydrogen) atoms. The highest BCUT2D eigenvalue weighted by Crippen LogP contribution is 2.37. The highest BCUT2D eigenvalue weighted by atomic mass is 127. The molecule has 3 rings (SSSR count). The molecule has 1 aromatic heterocycles. The zero-order valence-corrected chi connectivity index (χ0v) is 10.3.